The molecule has 36 heavy (non-hydrogen) atoms. The lowest BCUT2D eigenvalue weighted by molar-refractivity contribution is 0.122. The van der Waals surface area contributed by atoms with Crippen molar-refractivity contribution in [2.45, 2.75) is 33.2 Å². The van der Waals surface area contributed by atoms with Crippen LogP contribution in [0.2, 0.25) is 0 Å². The molecule has 0 aliphatic carbocycles. The first-order chi connectivity index (χ1) is 17.5. The minimum atomic E-state index is -0.223. The van der Waals surface area contributed by atoms with Gasteiger partial charge in [-0.25, -0.2) is 24.7 Å². The smallest absolute Gasteiger partial charge is 0.319 e. The minimum absolute atomic E-state index is 0.0308. The summed E-state index contributed by atoms with van der Waals surface area (Å²) in [5, 5.41) is 5.58. The van der Waals surface area contributed by atoms with E-state index in [1.807, 2.05) is 44.2 Å². The number of rotatable bonds is 5. The highest BCUT2D eigenvalue weighted by atomic mass is 16.5. The van der Waals surface area contributed by atoms with Crippen LogP contribution in [0.4, 0.5) is 22.1 Å². The Labute approximate surface area is 211 Å². The number of hydrogen-bond acceptors (Lipinski definition) is 8. The van der Waals surface area contributed by atoms with E-state index in [4.69, 9.17) is 14.7 Å². The van der Waals surface area contributed by atoms with E-state index in [0.29, 0.717) is 25.6 Å². The van der Waals surface area contributed by atoms with Crippen LogP contribution in [-0.2, 0) is 11.2 Å². The van der Waals surface area contributed by atoms with Crippen LogP contribution in [-0.4, -0.2) is 65.4 Å². The Balaban J connectivity index is 1.52. The predicted molar refractivity (Wildman–Crippen MR) is 139 cm³/mol. The van der Waals surface area contributed by atoms with Crippen LogP contribution in [0.25, 0.3) is 11.4 Å². The lowest BCUT2D eigenvalue weighted by Gasteiger charge is -2.38. The minimum Gasteiger partial charge on any atom is -0.378 e. The first kappa shape index (κ1) is 23.9. The van der Waals surface area contributed by atoms with Gasteiger partial charge in [0.25, 0.3) is 0 Å². The Hall–Kier alpha value is -3.79. The molecule has 0 saturated carbocycles. The number of aromatic nitrogens is 4. The number of urea groups is 1. The molecule has 2 aliphatic rings. The van der Waals surface area contributed by atoms with Crippen molar-refractivity contribution < 1.29 is 9.53 Å². The molecule has 2 aromatic heterocycles. The van der Waals surface area contributed by atoms with Crippen LogP contribution >= 0.6 is 0 Å². The van der Waals surface area contributed by atoms with Crippen molar-refractivity contribution in [2.75, 3.05) is 54.5 Å². The third-order valence-electron chi connectivity index (χ3n) is 6.62. The summed E-state index contributed by atoms with van der Waals surface area (Å²) in [6.45, 7) is 10.4. The van der Waals surface area contributed by atoms with Gasteiger partial charge in [-0.15, -0.1) is 0 Å². The van der Waals surface area contributed by atoms with Gasteiger partial charge >= 0.3 is 6.03 Å². The van der Waals surface area contributed by atoms with E-state index in [1.54, 1.807) is 6.33 Å². The SMILES string of the molecule is CCNC(=O)Nc1ccc(-c2nc3c(c(N4CCOCC4)n2)CCN(c2cc(C)ncn2)[C@@H]3C)cc1. The van der Waals surface area contributed by atoms with Crippen molar-refractivity contribution in [1.82, 2.24) is 25.3 Å². The number of hydrogen-bond donors (Lipinski definition) is 2. The molecule has 10 heteroatoms. The molecule has 0 radical (unpaired) electrons. The fourth-order valence-electron chi connectivity index (χ4n) is 4.76. The zero-order valence-electron chi connectivity index (χ0n) is 21.0. The Morgan fingerprint density at radius 1 is 1.11 bits per heavy atom. The number of aryl methyl sites for hydroxylation is 1. The third kappa shape index (κ3) is 4.94. The van der Waals surface area contributed by atoms with Gasteiger partial charge in [-0.3, -0.25) is 0 Å². The van der Waals surface area contributed by atoms with Gasteiger partial charge in [0.2, 0.25) is 0 Å². The van der Waals surface area contributed by atoms with Gasteiger partial charge in [0.15, 0.2) is 5.82 Å². The van der Waals surface area contributed by atoms with E-state index in [9.17, 15) is 4.79 Å². The molecule has 0 spiro atoms. The van der Waals surface area contributed by atoms with Crippen LogP contribution in [0.5, 0.6) is 0 Å². The molecule has 1 saturated heterocycles. The standard InChI is InChI=1S/C26H32N8O2/c1-4-27-26(35)30-20-7-5-19(6-8-20)24-31-23-18(3)34(22-15-17(2)28-16-29-22)10-9-21(23)25(32-24)33-11-13-36-14-12-33/h5-8,15-16,18H,4,9-14H2,1-3H3,(H2,27,30,35)/t18-/m1/s1. The molecule has 1 aromatic carbocycles. The van der Waals surface area contributed by atoms with Gasteiger partial charge in [-0.1, -0.05) is 0 Å². The van der Waals surface area contributed by atoms with Crippen LogP contribution in [0.1, 0.15) is 36.8 Å². The maximum absolute atomic E-state index is 11.9. The molecular formula is C26H32N8O2. The normalized spacial score (nSPS) is 17.5. The van der Waals surface area contributed by atoms with Gasteiger partial charge in [-0.2, -0.15) is 0 Å². The van der Waals surface area contributed by atoms with Crippen LogP contribution < -0.4 is 20.4 Å². The fourth-order valence-corrected chi connectivity index (χ4v) is 4.76. The van der Waals surface area contributed by atoms with E-state index in [-0.39, 0.29) is 12.1 Å². The molecule has 2 amide bonds. The first-order valence-electron chi connectivity index (χ1n) is 12.5. The number of benzene rings is 1. The Kier molecular flexibility index (Phi) is 6.95. The summed E-state index contributed by atoms with van der Waals surface area (Å²) in [6, 6.07) is 9.48. The Morgan fingerprint density at radius 2 is 1.89 bits per heavy atom. The quantitative estimate of drug-likeness (QED) is 0.563. The average molecular weight is 489 g/mol. The summed E-state index contributed by atoms with van der Waals surface area (Å²) in [5.41, 5.74) is 4.78. The topological polar surface area (TPSA) is 108 Å². The first-order valence-corrected chi connectivity index (χ1v) is 12.5. The molecule has 2 aliphatic heterocycles. The molecule has 1 atom stereocenters. The van der Waals surface area contributed by atoms with Gasteiger partial charge < -0.3 is 25.2 Å². The highest BCUT2D eigenvalue weighted by molar-refractivity contribution is 5.89. The van der Waals surface area contributed by atoms with E-state index in [0.717, 1.165) is 60.3 Å². The predicted octanol–water partition coefficient (Wildman–Crippen LogP) is 3.34. The third-order valence-corrected chi connectivity index (χ3v) is 6.62. The molecule has 1 fully saturated rings. The zero-order chi connectivity index (χ0) is 25.1. The lowest BCUT2D eigenvalue weighted by atomic mass is 9.97. The second-order valence-corrected chi connectivity index (χ2v) is 9.03. The molecule has 4 heterocycles. The maximum atomic E-state index is 11.9. The fraction of sp³-hybridized carbons (Fsp3) is 0.423. The number of carbonyl (C=O) groups is 1. The summed E-state index contributed by atoms with van der Waals surface area (Å²) >= 11 is 0. The molecule has 10 nitrogen and oxygen atoms in total. The van der Waals surface area contributed by atoms with Gasteiger partial charge in [0.1, 0.15) is 18.0 Å². The lowest BCUT2D eigenvalue weighted by Crippen LogP contribution is -2.40. The van der Waals surface area contributed by atoms with Gasteiger partial charge in [0, 0.05) is 54.8 Å². The molecule has 3 aromatic rings. The van der Waals surface area contributed by atoms with Gasteiger partial charge in [-0.05, 0) is 51.5 Å². The number of fused-ring (bicyclic) bond motifs is 1. The number of carbonyl (C=O) groups excluding carboxylic acids is 1. The van der Waals surface area contributed by atoms with Crippen molar-refractivity contribution in [3.05, 3.63) is 53.6 Å². The second-order valence-electron chi connectivity index (χ2n) is 9.03. The highest BCUT2D eigenvalue weighted by Gasteiger charge is 2.31. The molecule has 5 rings (SSSR count). The van der Waals surface area contributed by atoms with E-state index >= 15 is 0 Å². The average Bonchev–Trinajstić information content (AvgIpc) is 2.89. The number of nitrogens with zero attached hydrogens (tertiary/aromatic N) is 6. The van der Waals surface area contributed by atoms with E-state index in [2.05, 4.69) is 37.3 Å². The van der Waals surface area contributed by atoms with Crippen LogP contribution in [0, 0.1) is 6.92 Å². The van der Waals surface area contributed by atoms with Crippen molar-refractivity contribution in [1.29, 1.82) is 0 Å². The second kappa shape index (κ2) is 10.4. The summed E-state index contributed by atoms with van der Waals surface area (Å²) in [7, 11) is 0. The van der Waals surface area contributed by atoms with E-state index < -0.39 is 0 Å². The summed E-state index contributed by atoms with van der Waals surface area (Å²) in [6.07, 6.45) is 2.46. The van der Waals surface area contributed by atoms with Gasteiger partial charge in [0.05, 0.1) is 24.9 Å². The molecule has 0 bridgehead atoms. The number of nitrogens with one attached hydrogen (secondary N) is 2. The van der Waals surface area contributed by atoms with Crippen molar-refractivity contribution in [3.8, 4) is 11.4 Å². The number of anilines is 3. The Morgan fingerprint density at radius 3 is 2.61 bits per heavy atom. The summed E-state index contributed by atoms with van der Waals surface area (Å²) in [5.74, 6) is 2.58. The largest absolute Gasteiger partial charge is 0.378 e. The summed E-state index contributed by atoms with van der Waals surface area (Å²) < 4.78 is 5.60. The number of ether oxygens (including phenoxy) is 1. The molecule has 188 valence electrons. The Bertz CT molecular complexity index is 1230. The van der Waals surface area contributed by atoms with Crippen LogP contribution in [0.3, 0.4) is 0 Å². The van der Waals surface area contributed by atoms with Crippen molar-refractivity contribution >= 4 is 23.4 Å². The molecular weight excluding hydrogens is 456 g/mol. The molecule has 2 N–H and O–H groups in total. The monoisotopic (exact) mass is 488 g/mol. The number of morpholine rings is 1. The van der Waals surface area contributed by atoms with E-state index in [1.165, 1.54) is 5.56 Å². The summed E-state index contributed by atoms with van der Waals surface area (Å²) in [4.78, 5) is 35.4. The van der Waals surface area contributed by atoms with Crippen molar-refractivity contribution in [2.24, 2.45) is 0 Å². The zero-order valence-corrected chi connectivity index (χ0v) is 21.0. The van der Waals surface area contributed by atoms with Crippen LogP contribution in [0.15, 0.2) is 36.7 Å². The highest BCUT2D eigenvalue weighted by Crippen LogP contribution is 2.37. The maximum Gasteiger partial charge on any atom is 0.319 e. The van der Waals surface area contributed by atoms with Crippen molar-refractivity contribution in [3.63, 3.8) is 0 Å². The molecule has 0 unspecified atom stereocenters. The number of amides is 2.